The summed E-state index contributed by atoms with van der Waals surface area (Å²) in [5, 5.41) is 13.1. The third-order valence-corrected chi connectivity index (χ3v) is 3.76. The van der Waals surface area contributed by atoms with Crippen LogP contribution in [-0.2, 0) is 0 Å². The fourth-order valence-electron chi connectivity index (χ4n) is 2.02. The Balaban J connectivity index is 2.17. The standard InChI is InChI=1S/C10H15N3O2S/c1-7-9(16-12-11-7)10(15)13-5-3-2-4-8(13)6-14/h8,14H,2-6H2,1H3. The molecule has 1 aliphatic heterocycles. The van der Waals surface area contributed by atoms with Crippen LogP contribution in [0.2, 0.25) is 0 Å². The van der Waals surface area contributed by atoms with E-state index in [-0.39, 0.29) is 18.6 Å². The lowest BCUT2D eigenvalue weighted by Gasteiger charge is -2.34. The molecule has 5 nitrogen and oxygen atoms in total. The van der Waals surface area contributed by atoms with Crippen molar-refractivity contribution >= 4 is 17.4 Å². The molecule has 1 atom stereocenters. The molecule has 0 spiro atoms. The van der Waals surface area contributed by atoms with Gasteiger partial charge in [-0.1, -0.05) is 4.49 Å². The van der Waals surface area contributed by atoms with Gasteiger partial charge in [-0.15, -0.1) is 5.10 Å². The van der Waals surface area contributed by atoms with E-state index in [2.05, 4.69) is 9.59 Å². The highest BCUT2D eigenvalue weighted by atomic mass is 32.1. The average Bonchev–Trinajstić information content (AvgIpc) is 2.74. The van der Waals surface area contributed by atoms with Gasteiger partial charge in [0.15, 0.2) is 0 Å². The molecule has 0 aliphatic carbocycles. The number of hydrogen-bond acceptors (Lipinski definition) is 5. The summed E-state index contributed by atoms with van der Waals surface area (Å²) in [6, 6.07) is -0.0391. The van der Waals surface area contributed by atoms with Gasteiger partial charge >= 0.3 is 0 Å². The van der Waals surface area contributed by atoms with Gasteiger partial charge < -0.3 is 10.0 Å². The lowest BCUT2D eigenvalue weighted by molar-refractivity contribution is 0.0507. The number of carbonyl (C=O) groups is 1. The van der Waals surface area contributed by atoms with Gasteiger partial charge in [0, 0.05) is 6.54 Å². The number of hydrogen-bond donors (Lipinski definition) is 1. The molecule has 1 aliphatic rings. The maximum atomic E-state index is 12.2. The number of aryl methyl sites for hydroxylation is 1. The number of piperidine rings is 1. The van der Waals surface area contributed by atoms with Crippen LogP contribution in [0.15, 0.2) is 0 Å². The van der Waals surface area contributed by atoms with Crippen molar-refractivity contribution in [3.8, 4) is 0 Å². The largest absolute Gasteiger partial charge is 0.394 e. The van der Waals surface area contributed by atoms with Crippen molar-refractivity contribution in [2.75, 3.05) is 13.2 Å². The maximum Gasteiger partial charge on any atom is 0.267 e. The van der Waals surface area contributed by atoms with Gasteiger partial charge in [0.25, 0.3) is 5.91 Å². The number of amides is 1. The SMILES string of the molecule is Cc1nnsc1C(=O)N1CCCCC1CO. The Kier molecular flexibility index (Phi) is 3.50. The summed E-state index contributed by atoms with van der Waals surface area (Å²) < 4.78 is 3.77. The predicted octanol–water partition coefficient (Wildman–Crippen LogP) is 0.834. The van der Waals surface area contributed by atoms with Crippen LogP contribution in [0.1, 0.15) is 34.6 Å². The van der Waals surface area contributed by atoms with E-state index >= 15 is 0 Å². The minimum atomic E-state index is -0.0391. The van der Waals surface area contributed by atoms with Crippen LogP contribution < -0.4 is 0 Å². The minimum Gasteiger partial charge on any atom is -0.394 e. The molecule has 2 rings (SSSR count). The zero-order valence-electron chi connectivity index (χ0n) is 9.22. The number of likely N-dealkylation sites (tertiary alicyclic amines) is 1. The van der Waals surface area contributed by atoms with E-state index in [1.165, 1.54) is 0 Å². The normalized spacial score (nSPS) is 21.1. The first kappa shape index (κ1) is 11.5. The van der Waals surface area contributed by atoms with Crippen molar-refractivity contribution in [2.45, 2.75) is 32.2 Å². The minimum absolute atomic E-state index is 0.0359. The molecule has 16 heavy (non-hydrogen) atoms. The monoisotopic (exact) mass is 241 g/mol. The summed E-state index contributed by atoms with van der Waals surface area (Å²) in [5.74, 6) is -0.0359. The lowest BCUT2D eigenvalue weighted by Crippen LogP contribution is -2.45. The zero-order chi connectivity index (χ0) is 11.5. The van der Waals surface area contributed by atoms with E-state index in [1.807, 2.05) is 0 Å². The Morgan fingerprint density at radius 2 is 2.44 bits per heavy atom. The zero-order valence-corrected chi connectivity index (χ0v) is 10.0. The second-order valence-corrected chi connectivity index (χ2v) is 4.77. The van der Waals surface area contributed by atoms with E-state index in [0.29, 0.717) is 10.6 Å². The molecule has 0 saturated carbocycles. The number of carbonyl (C=O) groups excluding carboxylic acids is 1. The lowest BCUT2D eigenvalue weighted by atomic mass is 10.0. The highest BCUT2D eigenvalue weighted by molar-refractivity contribution is 7.07. The number of rotatable bonds is 2. The first-order valence-corrected chi connectivity index (χ1v) is 6.22. The fourth-order valence-corrected chi connectivity index (χ4v) is 2.63. The maximum absolute atomic E-state index is 12.2. The fraction of sp³-hybridized carbons (Fsp3) is 0.700. The van der Waals surface area contributed by atoms with Crippen LogP contribution in [0, 0.1) is 6.92 Å². The van der Waals surface area contributed by atoms with Gasteiger partial charge in [0.1, 0.15) is 4.88 Å². The quantitative estimate of drug-likeness (QED) is 0.833. The van der Waals surface area contributed by atoms with Crippen molar-refractivity contribution in [3.63, 3.8) is 0 Å². The Labute approximate surface area is 98.2 Å². The van der Waals surface area contributed by atoms with E-state index in [1.54, 1.807) is 11.8 Å². The predicted molar refractivity (Wildman–Crippen MR) is 60.4 cm³/mol. The summed E-state index contributed by atoms with van der Waals surface area (Å²) in [7, 11) is 0. The number of aliphatic hydroxyl groups is 1. The van der Waals surface area contributed by atoms with Crippen molar-refractivity contribution in [2.24, 2.45) is 0 Å². The summed E-state index contributed by atoms with van der Waals surface area (Å²) >= 11 is 1.13. The molecule has 0 aromatic carbocycles. The van der Waals surface area contributed by atoms with Crippen LogP contribution in [0.25, 0.3) is 0 Å². The second kappa shape index (κ2) is 4.88. The van der Waals surface area contributed by atoms with Crippen molar-refractivity contribution in [1.29, 1.82) is 0 Å². The van der Waals surface area contributed by atoms with E-state index in [4.69, 9.17) is 0 Å². The van der Waals surface area contributed by atoms with Gasteiger partial charge in [0.05, 0.1) is 18.3 Å². The second-order valence-electron chi connectivity index (χ2n) is 4.02. The molecule has 2 heterocycles. The van der Waals surface area contributed by atoms with Crippen LogP contribution >= 0.6 is 11.5 Å². The van der Waals surface area contributed by atoms with Crippen molar-refractivity contribution in [1.82, 2.24) is 14.5 Å². The van der Waals surface area contributed by atoms with Gasteiger partial charge in [-0.2, -0.15) is 0 Å². The molecule has 6 heteroatoms. The van der Waals surface area contributed by atoms with Gasteiger partial charge in [0.2, 0.25) is 0 Å². The summed E-state index contributed by atoms with van der Waals surface area (Å²) in [5.41, 5.74) is 0.678. The highest BCUT2D eigenvalue weighted by Crippen LogP contribution is 2.21. The van der Waals surface area contributed by atoms with E-state index < -0.39 is 0 Å². The molecule has 0 bridgehead atoms. The molecule has 1 aromatic heterocycles. The molecule has 1 saturated heterocycles. The van der Waals surface area contributed by atoms with Crippen LogP contribution in [0.4, 0.5) is 0 Å². The van der Waals surface area contributed by atoms with Crippen molar-refractivity contribution < 1.29 is 9.90 Å². The Morgan fingerprint density at radius 1 is 1.62 bits per heavy atom. The average molecular weight is 241 g/mol. The topological polar surface area (TPSA) is 66.3 Å². The van der Waals surface area contributed by atoms with Crippen LogP contribution in [0.5, 0.6) is 0 Å². The molecule has 1 amide bonds. The molecule has 1 unspecified atom stereocenters. The molecular weight excluding hydrogens is 226 g/mol. The van der Waals surface area contributed by atoms with Crippen molar-refractivity contribution in [3.05, 3.63) is 10.6 Å². The molecule has 1 aromatic rings. The third kappa shape index (κ3) is 2.08. The number of aliphatic hydroxyl groups excluding tert-OH is 1. The van der Waals surface area contributed by atoms with Gasteiger partial charge in [-0.3, -0.25) is 4.79 Å². The van der Waals surface area contributed by atoms with E-state index in [9.17, 15) is 9.90 Å². The number of nitrogens with zero attached hydrogens (tertiary/aromatic N) is 3. The third-order valence-electron chi connectivity index (χ3n) is 2.94. The highest BCUT2D eigenvalue weighted by Gasteiger charge is 2.28. The smallest absolute Gasteiger partial charge is 0.267 e. The van der Waals surface area contributed by atoms with E-state index in [0.717, 1.165) is 37.3 Å². The first-order valence-electron chi connectivity index (χ1n) is 5.45. The Morgan fingerprint density at radius 3 is 3.06 bits per heavy atom. The molecule has 1 N–H and O–H groups in total. The Bertz CT molecular complexity index is 380. The first-order chi connectivity index (χ1) is 7.74. The summed E-state index contributed by atoms with van der Waals surface area (Å²) in [4.78, 5) is 14.5. The number of aromatic nitrogens is 2. The Hall–Kier alpha value is -1.01. The molecule has 0 radical (unpaired) electrons. The van der Waals surface area contributed by atoms with Gasteiger partial charge in [-0.05, 0) is 37.7 Å². The summed E-state index contributed by atoms with van der Waals surface area (Å²) in [6.45, 7) is 2.55. The van der Waals surface area contributed by atoms with Crippen LogP contribution in [-0.4, -0.2) is 44.7 Å². The van der Waals surface area contributed by atoms with Crippen LogP contribution in [0.3, 0.4) is 0 Å². The van der Waals surface area contributed by atoms with Gasteiger partial charge in [-0.25, -0.2) is 0 Å². The molecule has 1 fully saturated rings. The summed E-state index contributed by atoms with van der Waals surface area (Å²) in [6.07, 6.45) is 2.97. The molecule has 88 valence electrons. The molecular formula is C10H15N3O2S.